The first-order valence-electron chi connectivity index (χ1n) is 5.90. The second kappa shape index (κ2) is 4.30. The van der Waals surface area contributed by atoms with Crippen molar-refractivity contribution in [2.75, 3.05) is 26.2 Å². The number of nitrogens with zero attached hydrogens (tertiary/aromatic N) is 2. The quantitative estimate of drug-likeness (QED) is 0.745. The molecule has 0 atom stereocenters. The molecule has 0 saturated heterocycles. The molecule has 0 aliphatic carbocycles. The minimum atomic E-state index is 0.201. The number of carbonyl (C=O) groups excluding carboxylic acids is 1. The molecule has 1 aromatic rings. The summed E-state index contributed by atoms with van der Waals surface area (Å²) in [5.74, 6) is 0.201. The van der Waals surface area contributed by atoms with Crippen molar-refractivity contribution >= 4 is 5.91 Å². The first-order chi connectivity index (χ1) is 8.33. The van der Waals surface area contributed by atoms with Crippen LogP contribution >= 0.6 is 0 Å². The Bertz CT molecular complexity index is 451. The van der Waals surface area contributed by atoms with E-state index in [0.29, 0.717) is 6.42 Å². The molecular weight excluding hydrogens is 214 g/mol. The molecule has 0 aromatic carbocycles. The average molecular weight is 229 g/mol. The molecular formula is C13H15N3O. The highest BCUT2D eigenvalue weighted by atomic mass is 16.2. The second-order valence-electron chi connectivity index (χ2n) is 4.60. The highest BCUT2D eigenvalue weighted by molar-refractivity contribution is 5.80. The molecule has 3 rings (SSSR count). The molecule has 2 aliphatic rings. The van der Waals surface area contributed by atoms with Gasteiger partial charge in [0.2, 0.25) is 5.91 Å². The van der Waals surface area contributed by atoms with E-state index in [-0.39, 0.29) is 5.91 Å². The highest BCUT2D eigenvalue weighted by Gasteiger charge is 2.27. The van der Waals surface area contributed by atoms with Gasteiger partial charge >= 0.3 is 0 Å². The van der Waals surface area contributed by atoms with E-state index in [4.69, 9.17) is 0 Å². The van der Waals surface area contributed by atoms with Gasteiger partial charge in [-0.05, 0) is 22.8 Å². The summed E-state index contributed by atoms with van der Waals surface area (Å²) in [6, 6.07) is 3.82. The Kier molecular flexibility index (Phi) is 2.65. The molecule has 4 heteroatoms. The van der Waals surface area contributed by atoms with Crippen LogP contribution < -0.4 is 5.32 Å². The van der Waals surface area contributed by atoms with Crippen LogP contribution in [0, 0.1) is 0 Å². The lowest BCUT2D eigenvalue weighted by Crippen LogP contribution is -2.33. The van der Waals surface area contributed by atoms with Crippen molar-refractivity contribution in [2.24, 2.45) is 0 Å². The molecule has 88 valence electrons. The summed E-state index contributed by atoms with van der Waals surface area (Å²) < 4.78 is 0. The molecule has 0 bridgehead atoms. The van der Waals surface area contributed by atoms with Gasteiger partial charge in [-0.3, -0.25) is 9.78 Å². The molecule has 1 N–H and O–H groups in total. The van der Waals surface area contributed by atoms with E-state index < -0.39 is 0 Å². The van der Waals surface area contributed by atoms with E-state index in [1.165, 1.54) is 11.1 Å². The fourth-order valence-corrected chi connectivity index (χ4v) is 2.43. The van der Waals surface area contributed by atoms with Gasteiger partial charge in [-0.25, -0.2) is 0 Å². The van der Waals surface area contributed by atoms with Crippen LogP contribution in [-0.2, 0) is 11.2 Å². The molecule has 0 saturated carbocycles. The van der Waals surface area contributed by atoms with E-state index in [0.717, 1.165) is 31.7 Å². The smallest absolute Gasteiger partial charge is 0.227 e. The van der Waals surface area contributed by atoms with Gasteiger partial charge in [0.1, 0.15) is 0 Å². The number of rotatable bonds is 2. The third-order valence-electron chi connectivity index (χ3n) is 3.37. The van der Waals surface area contributed by atoms with E-state index >= 15 is 0 Å². The van der Waals surface area contributed by atoms with Gasteiger partial charge in [0.05, 0.1) is 6.42 Å². The molecule has 0 unspecified atom stereocenters. The van der Waals surface area contributed by atoms with Gasteiger partial charge in [-0.1, -0.05) is 6.07 Å². The number of pyridine rings is 1. The first kappa shape index (κ1) is 10.5. The summed E-state index contributed by atoms with van der Waals surface area (Å²) in [4.78, 5) is 18.1. The van der Waals surface area contributed by atoms with E-state index in [9.17, 15) is 4.79 Å². The zero-order chi connectivity index (χ0) is 11.7. The van der Waals surface area contributed by atoms with Crippen molar-refractivity contribution in [3.05, 3.63) is 41.2 Å². The Hall–Kier alpha value is -1.68. The van der Waals surface area contributed by atoms with Gasteiger partial charge in [-0.2, -0.15) is 0 Å². The highest BCUT2D eigenvalue weighted by Crippen LogP contribution is 2.20. The number of carbonyl (C=O) groups is 1. The van der Waals surface area contributed by atoms with Crippen molar-refractivity contribution in [1.82, 2.24) is 15.2 Å². The summed E-state index contributed by atoms with van der Waals surface area (Å²) in [6.45, 7) is 3.51. The maximum Gasteiger partial charge on any atom is 0.227 e. The van der Waals surface area contributed by atoms with Gasteiger partial charge in [-0.15, -0.1) is 0 Å². The SMILES string of the molecule is O=C(Cc1cccnc1)N1CC2=C(CNC2)C1. The normalized spacial score (nSPS) is 18.7. The number of nitrogens with one attached hydrogen (secondary N) is 1. The minimum absolute atomic E-state index is 0.201. The van der Waals surface area contributed by atoms with E-state index in [1.807, 2.05) is 17.0 Å². The van der Waals surface area contributed by atoms with Gasteiger partial charge in [0, 0.05) is 38.6 Å². The molecule has 1 aromatic heterocycles. The van der Waals surface area contributed by atoms with Crippen LogP contribution in [0.2, 0.25) is 0 Å². The minimum Gasteiger partial charge on any atom is -0.334 e. The zero-order valence-electron chi connectivity index (χ0n) is 9.65. The maximum absolute atomic E-state index is 12.1. The lowest BCUT2D eigenvalue weighted by molar-refractivity contribution is -0.129. The Morgan fingerprint density at radius 2 is 2.12 bits per heavy atom. The summed E-state index contributed by atoms with van der Waals surface area (Å²) in [5.41, 5.74) is 3.80. The number of aromatic nitrogens is 1. The van der Waals surface area contributed by atoms with Crippen LogP contribution in [0.25, 0.3) is 0 Å². The van der Waals surface area contributed by atoms with Crippen LogP contribution in [-0.4, -0.2) is 42.0 Å². The van der Waals surface area contributed by atoms with Gasteiger partial charge in [0.25, 0.3) is 0 Å². The van der Waals surface area contributed by atoms with Crippen molar-refractivity contribution in [1.29, 1.82) is 0 Å². The lowest BCUT2D eigenvalue weighted by Gasteiger charge is -2.18. The molecule has 0 spiro atoms. The van der Waals surface area contributed by atoms with Crippen molar-refractivity contribution < 1.29 is 4.79 Å². The van der Waals surface area contributed by atoms with Crippen molar-refractivity contribution in [2.45, 2.75) is 6.42 Å². The zero-order valence-corrected chi connectivity index (χ0v) is 9.65. The molecule has 0 fully saturated rings. The molecule has 4 nitrogen and oxygen atoms in total. The van der Waals surface area contributed by atoms with Crippen LogP contribution in [0.4, 0.5) is 0 Å². The van der Waals surface area contributed by atoms with E-state index in [2.05, 4.69) is 10.3 Å². The number of hydrogen-bond donors (Lipinski definition) is 1. The summed E-state index contributed by atoms with van der Waals surface area (Å²) in [5, 5.41) is 3.31. The Labute approximate surface area is 100 Å². The van der Waals surface area contributed by atoms with Crippen LogP contribution in [0.15, 0.2) is 35.7 Å². The Morgan fingerprint density at radius 3 is 2.76 bits per heavy atom. The third-order valence-corrected chi connectivity index (χ3v) is 3.37. The largest absolute Gasteiger partial charge is 0.334 e. The van der Waals surface area contributed by atoms with Gasteiger partial charge in [0.15, 0.2) is 0 Å². The second-order valence-corrected chi connectivity index (χ2v) is 4.60. The fraction of sp³-hybridized carbons (Fsp3) is 0.385. The average Bonchev–Trinajstić information content (AvgIpc) is 2.90. The van der Waals surface area contributed by atoms with Crippen LogP contribution in [0.3, 0.4) is 0 Å². The predicted octanol–water partition coefficient (Wildman–Crippen LogP) is 0.366. The lowest BCUT2D eigenvalue weighted by atomic mass is 10.2. The summed E-state index contributed by atoms with van der Waals surface area (Å²) in [7, 11) is 0. The predicted molar refractivity (Wildman–Crippen MR) is 64.4 cm³/mol. The van der Waals surface area contributed by atoms with Crippen molar-refractivity contribution in [3.63, 3.8) is 0 Å². The topological polar surface area (TPSA) is 45.2 Å². The molecule has 2 aliphatic heterocycles. The summed E-state index contributed by atoms with van der Waals surface area (Å²) >= 11 is 0. The summed E-state index contributed by atoms with van der Waals surface area (Å²) in [6.07, 6.45) is 3.95. The van der Waals surface area contributed by atoms with Crippen molar-refractivity contribution in [3.8, 4) is 0 Å². The van der Waals surface area contributed by atoms with E-state index in [1.54, 1.807) is 12.4 Å². The first-order valence-corrected chi connectivity index (χ1v) is 5.90. The van der Waals surface area contributed by atoms with Gasteiger partial charge < -0.3 is 10.2 Å². The molecule has 17 heavy (non-hydrogen) atoms. The fourth-order valence-electron chi connectivity index (χ4n) is 2.43. The monoisotopic (exact) mass is 229 g/mol. The van der Waals surface area contributed by atoms with Crippen LogP contribution in [0.1, 0.15) is 5.56 Å². The Morgan fingerprint density at radius 1 is 1.35 bits per heavy atom. The standard InChI is InChI=1S/C13H15N3O/c17-13(4-10-2-1-3-14-5-10)16-8-11-6-15-7-12(11)9-16/h1-3,5,15H,4,6-9H2. The number of hydrogen-bond acceptors (Lipinski definition) is 3. The third kappa shape index (κ3) is 2.08. The molecule has 0 radical (unpaired) electrons. The molecule has 1 amide bonds. The molecule has 3 heterocycles. The Balaban J connectivity index is 1.62. The maximum atomic E-state index is 12.1. The number of amides is 1. The van der Waals surface area contributed by atoms with Crippen LogP contribution in [0.5, 0.6) is 0 Å².